The Bertz CT molecular complexity index is 2360. The van der Waals surface area contributed by atoms with Gasteiger partial charge in [0, 0.05) is 25.7 Å². The zero-order valence-electron chi connectivity index (χ0n) is 64.3. The lowest BCUT2D eigenvalue weighted by Crippen LogP contribution is -2.30. The molecule has 19 heteroatoms. The lowest BCUT2D eigenvalue weighted by Gasteiger charge is -2.21. The van der Waals surface area contributed by atoms with Gasteiger partial charge in [0.2, 0.25) is 0 Å². The Labute approximate surface area is 619 Å². The predicted octanol–water partition coefficient (Wildman–Crippen LogP) is 23.3. The average molecular weight is 1480 g/mol. The number of phosphoric ester groups is 2. The van der Waals surface area contributed by atoms with Crippen molar-refractivity contribution in [3.63, 3.8) is 0 Å². The highest BCUT2D eigenvalue weighted by molar-refractivity contribution is 7.47. The fraction of sp³-hybridized carbons (Fsp3) is 0.735. The minimum Gasteiger partial charge on any atom is -0.462 e. The molecule has 5 unspecified atom stereocenters. The standard InChI is InChI=1S/C83H144O17P2/c1-5-9-13-17-21-25-29-33-37-38-42-44-48-52-56-60-64-68-81(86)94-74-79(100-83(88)70-66-62-58-54-50-46-41-36-32-28-24-20-16-12-8-4)76-98-102(91,92)96-72-77(84)71-95-101(89,90)97-75-78(99-82(87)69-65-61-57-53-49-45-40-35-31-27-23-19-15-11-7-3)73-93-80(85)67-63-59-55-51-47-43-39-34-30-26-22-18-14-10-6-2/h9-11,13-15,21-23,25-27,33-35,37,39-40,77-79,84H,5-8,12,16-20,24,28-32,36,38,41-76H2,1-4H3,(H,89,90)(H,91,92)/b13-9-,14-10-,15-11-,25-21-,26-22-,27-23-,37-33-,39-34-,40-35-. The van der Waals surface area contributed by atoms with E-state index in [0.717, 1.165) is 193 Å². The van der Waals surface area contributed by atoms with E-state index in [1.54, 1.807) is 0 Å². The second-order valence-electron chi connectivity index (χ2n) is 26.6. The minimum absolute atomic E-state index is 0.0708. The van der Waals surface area contributed by atoms with Gasteiger partial charge in [0.1, 0.15) is 19.3 Å². The molecule has 102 heavy (non-hydrogen) atoms. The van der Waals surface area contributed by atoms with E-state index >= 15 is 0 Å². The summed E-state index contributed by atoms with van der Waals surface area (Å²) in [7, 11) is -9.96. The molecule has 0 radical (unpaired) electrons. The van der Waals surface area contributed by atoms with Crippen LogP contribution in [0.5, 0.6) is 0 Å². The summed E-state index contributed by atoms with van der Waals surface area (Å²) in [5, 5.41) is 10.6. The molecule has 0 spiro atoms. The van der Waals surface area contributed by atoms with Crippen molar-refractivity contribution in [3.8, 4) is 0 Å². The van der Waals surface area contributed by atoms with Crippen LogP contribution < -0.4 is 0 Å². The number of hydrogen-bond acceptors (Lipinski definition) is 15. The van der Waals surface area contributed by atoms with E-state index in [0.29, 0.717) is 25.7 Å². The maximum atomic E-state index is 13.1. The molecule has 0 aromatic carbocycles. The molecule has 5 atom stereocenters. The number of phosphoric acid groups is 2. The Kier molecular flexibility index (Phi) is 71.8. The molecule has 0 aliphatic rings. The number of unbranched alkanes of at least 4 members (excludes halogenated alkanes) is 31. The molecular weight excluding hydrogens is 1330 g/mol. The summed E-state index contributed by atoms with van der Waals surface area (Å²) < 4.78 is 68.6. The molecule has 0 saturated heterocycles. The fourth-order valence-electron chi connectivity index (χ4n) is 10.7. The number of rotatable bonds is 75. The van der Waals surface area contributed by atoms with E-state index < -0.39 is 97.5 Å². The Morgan fingerprint density at radius 3 is 0.784 bits per heavy atom. The number of allylic oxidation sites excluding steroid dienone is 18. The molecule has 0 heterocycles. The van der Waals surface area contributed by atoms with Crippen LogP contribution in [0, 0.1) is 0 Å². The number of esters is 4. The molecule has 0 aliphatic carbocycles. The molecule has 0 bridgehead atoms. The summed E-state index contributed by atoms with van der Waals surface area (Å²) in [6, 6.07) is 0. The van der Waals surface area contributed by atoms with Crippen LogP contribution in [0.1, 0.15) is 336 Å². The van der Waals surface area contributed by atoms with Crippen LogP contribution >= 0.6 is 15.6 Å². The number of hydrogen-bond donors (Lipinski definition) is 3. The normalized spacial score (nSPS) is 14.5. The summed E-state index contributed by atoms with van der Waals surface area (Å²) in [5.41, 5.74) is 0. The highest BCUT2D eigenvalue weighted by Crippen LogP contribution is 2.45. The first-order chi connectivity index (χ1) is 49.7. The molecule has 0 aromatic rings. The highest BCUT2D eigenvalue weighted by Gasteiger charge is 2.30. The van der Waals surface area contributed by atoms with Gasteiger partial charge in [-0.3, -0.25) is 37.3 Å². The molecule has 0 aliphatic heterocycles. The number of ether oxygens (including phenoxy) is 4. The average Bonchev–Trinajstić information content (AvgIpc) is 0.923. The molecule has 17 nitrogen and oxygen atoms in total. The van der Waals surface area contributed by atoms with Crippen molar-refractivity contribution < 1.29 is 80.2 Å². The molecule has 0 fully saturated rings. The van der Waals surface area contributed by atoms with Crippen LogP contribution in [0.3, 0.4) is 0 Å². The van der Waals surface area contributed by atoms with Gasteiger partial charge in [0.05, 0.1) is 26.4 Å². The predicted molar refractivity (Wildman–Crippen MR) is 418 cm³/mol. The molecule has 3 N–H and O–H groups in total. The van der Waals surface area contributed by atoms with E-state index in [1.165, 1.54) is 64.2 Å². The van der Waals surface area contributed by atoms with Crippen molar-refractivity contribution in [2.45, 2.75) is 354 Å². The Hall–Kier alpha value is -4.28. The van der Waals surface area contributed by atoms with Crippen LogP contribution in [-0.2, 0) is 65.4 Å². The first kappa shape index (κ1) is 97.7. The maximum absolute atomic E-state index is 13.1. The van der Waals surface area contributed by atoms with E-state index in [1.807, 2.05) is 0 Å². The lowest BCUT2D eigenvalue weighted by atomic mass is 10.0. The lowest BCUT2D eigenvalue weighted by molar-refractivity contribution is -0.161. The van der Waals surface area contributed by atoms with Crippen LogP contribution in [0.15, 0.2) is 109 Å². The smallest absolute Gasteiger partial charge is 0.462 e. The van der Waals surface area contributed by atoms with Crippen molar-refractivity contribution in [1.82, 2.24) is 0 Å². The molecule has 0 rings (SSSR count). The van der Waals surface area contributed by atoms with Crippen LogP contribution in [0.2, 0.25) is 0 Å². The van der Waals surface area contributed by atoms with Crippen molar-refractivity contribution in [1.29, 1.82) is 0 Å². The van der Waals surface area contributed by atoms with E-state index in [4.69, 9.17) is 37.0 Å². The maximum Gasteiger partial charge on any atom is 0.472 e. The van der Waals surface area contributed by atoms with Crippen molar-refractivity contribution in [2.75, 3.05) is 39.6 Å². The Morgan fingerprint density at radius 1 is 0.284 bits per heavy atom. The summed E-state index contributed by atoms with van der Waals surface area (Å²) >= 11 is 0. The third-order valence-corrected chi connectivity index (χ3v) is 18.6. The molecule has 0 aromatic heterocycles. The molecule has 0 saturated carbocycles. The largest absolute Gasteiger partial charge is 0.472 e. The SMILES string of the molecule is CC/C=C\C/C=C\C/C=C\CCCCCCCCCC(=O)OCC(COP(=O)(O)OCC(O)COP(=O)(O)OCC(COC(=O)CCCCCCC/C=C\C/C=C\C/C=C\CC)OC(=O)CCCCCCC/C=C\C/C=C\C/C=C\CC)OC(=O)CCCCCCCCCCCCCCCCC. The van der Waals surface area contributed by atoms with Gasteiger partial charge in [-0.15, -0.1) is 0 Å². The summed E-state index contributed by atoms with van der Waals surface area (Å²) in [6.07, 6.45) is 80.6. The van der Waals surface area contributed by atoms with E-state index in [9.17, 15) is 43.2 Å². The quantitative estimate of drug-likeness (QED) is 0.0169. The summed E-state index contributed by atoms with van der Waals surface area (Å²) in [5.74, 6) is -2.21. The minimum atomic E-state index is -4.98. The Balaban J connectivity index is 5.37. The topological polar surface area (TPSA) is 237 Å². The highest BCUT2D eigenvalue weighted by atomic mass is 31.2. The van der Waals surface area contributed by atoms with Gasteiger partial charge in [-0.1, -0.05) is 298 Å². The van der Waals surface area contributed by atoms with E-state index in [2.05, 4.69) is 137 Å². The van der Waals surface area contributed by atoms with Crippen molar-refractivity contribution in [3.05, 3.63) is 109 Å². The number of carbonyl (C=O) groups excluding carboxylic acids is 4. The summed E-state index contributed by atoms with van der Waals surface area (Å²) in [6.45, 7) is 4.54. The first-order valence-electron chi connectivity index (χ1n) is 40.1. The number of carbonyl (C=O) groups is 4. The zero-order valence-corrected chi connectivity index (χ0v) is 66.0. The van der Waals surface area contributed by atoms with Gasteiger partial charge in [-0.2, -0.15) is 0 Å². The molecular formula is C83H144O17P2. The number of aliphatic hydroxyl groups is 1. The van der Waals surface area contributed by atoms with Gasteiger partial charge >= 0.3 is 39.5 Å². The van der Waals surface area contributed by atoms with Gasteiger partial charge < -0.3 is 33.8 Å². The van der Waals surface area contributed by atoms with Gasteiger partial charge in [-0.05, 0) is 122 Å². The monoisotopic (exact) mass is 1470 g/mol. The van der Waals surface area contributed by atoms with E-state index in [-0.39, 0.29) is 25.7 Å². The number of aliphatic hydroxyl groups excluding tert-OH is 1. The molecule has 588 valence electrons. The van der Waals surface area contributed by atoms with Crippen molar-refractivity contribution in [2.24, 2.45) is 0 Å². The second-order valence-corrected chi connectivity index (χ2v) is 29.5. The first-order valence-corrected chi connectivity index (χ1v) is 43.1. The second kappa shape index (κ2) is 75.0. The zero-order chi connectivity index (χ0) is 74.6. The van der Waals surface area contributed by atoms with Crippen molar-refractivity contribution >= 4 is 39.5 Å². The third kappa shape index (κ3) is 74.0. The molecule has 0 amide bonds. The van der Waals surface area contributed by atoms with Gasteiger partial charge in [0.15, 0.2) is 12.2 Å². The summed E-state index contributed by atoms with van der Waals surface area (Å²) in [4.78, 5) is 73.0. The van der Waals surface area contributed by atoms with Crippen LogP contribution in [0.4, 0.5) is 0 Å². The van der Waals surface area contributed by atoms with Gasteiger partial charge in [-0.25, -0.2) is 9.13 Å². The fourth-order valence-corrected chi connectivity index (χ4v) is 12.3. The van der Waals surface area contributed by atoms with Gasteiger partial charge in [0.25, 0.3) is 0 Å². The Morgan fingerprint density at radius 2 is 0.510 bits per heavy atom. The van der Waals surface area contributed by atoms with Crippen LogP contribution in [0.25, 0.3) is 0 Å². The van der Waals surface area contributed by atoms with Crippen LogP contribution in [-0.4, -0.2) is 96.7 Å². The third-order valence-electron chi connectivity index (χ3n) is 16.7.